The van der Waals surface area contributed by atoms with Gasteiger partial charge in [-0.05, 0) is 41.9 Å². The van der Waals surface area contributed by atoms with Crippen molar-refractivity contribution in [1.29, 1.82) is 0 Å². The Bertz CT molecular complexity index is 671. The third-order valence-electron chi connectivity index (χ3n) is 5.20. The highest BCUT2D eigenvalue weighted by Crippen LogP contribution is 2.48. The van der Waals surface area contributed by atoms with Crippen LogP contribution in [0.4, 0.5) is 0 Å². The second kappa shape index (κ2) is 5.57. The zero-order valence-corrected chi connectivity index (χ0v) is 12.7. The third-order valence-corrected chi connectivity index (χ3v) is 5.20. The molecular weight excluding hydrogens is 268 g/mol. The van der Waals surface area contributed by atoms with Crippen molar-refractivity contribution < 1.29 is 4.79 Å². The first-order valence-electron chi connectivity index (χ1n) is 8.18. The quantitative estimate of drug-likeness (QED) is 0.770. The number of fused-ring (bicyclic) bond motifs is 1. The smallest absolute Gasteiger partial charge is 0.136 e. The van der Waals surface area contributed by atoms with Gasteiger partial charge >= 0.3 is 0 Å². The number of hydrogen-bond acceptors (Lipinski definition) is 1. The van der Waals surface area contributed by atoms with Crippen molar-refractivity contribution in [2.75, 3.05) is 0 Å². The summed E-state index contributed by atoms with van der Waals surface area (Å²) in [5.74, 6) is 1.36. The van der Waals surface area contributed by atoms with E-state index in [1.54, 1.807) is 0 Å². The van der Waals surface area contributed by atoms with Crippen LogP contribution >= 0.6 is 0 Å². The number of allylic oxidation sites excluding steroid dienone is 1. The minimum atomic E-state index is 0.289. The molecule has 0 spiro atoms. The topological polar surface area (TPSA) is 17.1 Å². The van der Waals surface area contributed by atoms with Gasteiger partial charge in [0.15, 0.2) is 0 Å². The van der Waals surface area contributed by atoms with E-state index in [2.05, 4.69) is 60.7 Å². The van der Waals surface area contributed by atoms with Gasteiger partial charge in [0.1, 0.15) is 5.78 Å². The molecule has 0 N–H and O–H groups in total. The van der Waals surface area contributed by atoms with Gasteiger partial charge in [0.05, 0.1) is 0 Å². The SMILES string of the molecule is O=C1CCC2CC(=C(c3ccccc3)c3ccccc3)CC12. The van der Waals surface area contributed by atoms with Gasteiger partial charge in [-0.3, -0.25) is 4.79 Å². The van der Waals surface area contributed by atoms with Crippen molar-refractivity contribution in [2.24, 2.45) is 11.8 Å². The number of Topliss-reactive ketones (excluding diaryl/α,β-unsaturated/α-hetero) is 1. The first-order chi connectivity index (χ1) is 10.8. The minimum absolute atomic E-state index is 0.289. The Morgan fingerprint density at radius 2 is 1.41 bits per heavy atom. The van der Waals surface area contributed by atoms with Crippen LogP contribution in [-0.2, 0) is 4.79 Å². The molecule has 2 fully saturated rings. The number of benzene rings is 2. The maximum atomic E-state index is 12.1. The number of ketones is 1. The molecule has 0 amide bonds. The largest absolute Gasteiger partial charge is 0.299 e. The highest BCUT2D eigenvalue weighted by molar-refractivity contribution is 5.87. The summed E-state index contributed by atoms with van der Waals surface area (Å²) in [6.45, 7) is 0. The number of rotatable bonds is 2. The molecule has 2 aromatic rings. The van der Waals surface area contributed by atoms with Gasteiger partial charge in [0.2, 0.25) is 0 Å². The van der Waals surface area contributed by atoms with Crippen molar-refractivity contribution in [1.82, 2.24) is 0 Å². The first-order valence-corrected chi connectivity index (χ1v) is 8.18. The second-order valence-corrected chi connectivity index (χ2v) is 6.49. The Morgan fingerprint density at radius 1 is 0.818 bits per heavy atom. The molecule has 22 heavy (non-hydrogen) atoms. The molecule has 0 aromatic heterocycles. The fraction of sp³-hybridized carbons (Fsp3) is 0.286. The van der Waals surface area contributed by atoms with Crippen LogP contribution in [0.3, 0.4) is 0 Å². The first kappa shape index (κ1) is 13.5. The molecule has 0 bridgehead atoms. The molecule has 0 aliphatic heterocycles. The average Bonchev–Trinajstić information content (AvgIpc) is 3.12. The zero-order chi connectivity index (χ0) is 14.9. The average molecular weight is 288 g/mol. The second-order valence-electron chi connectivity index (χ2n) is 6.49. The molecule has 0 saturated heterocycles. The summed E-state index contributed by atoms with van der Waals surface area (Å²) in [5, 5.41) is 0. The Kier molecular flexibility index (Phi) is 3.42. The molecule has 2 aromatic carbocycles. The number of carbonyl (C=O) groups excluding carboxylic acids is 1. The Labute approximate surface area is 131 Å². The Balaban J connectivity index is 1.82. The van der Waals surface area contributed by atoms with E-state index in [0.717, 1.165) is 25.7 Å². The van der Waals surface area contributed by atoms with Gasteiger partial charge in [0.25, 0.3) is 0 Å². The van der Waals surface area contributed by atoms with Crippen LogP contribution in [0.1, 0.15) is 36.8 Å². The maximum Gasteiger partial charge on any atom is 0.136 e. The molecule has 2 aliphatic rings. The zero-order valence-electron chi connectivity index (χ0n) is 12.7. The fourth-order valence-corrected chi connectivity index (χ4v) is 4.16. The summed E-state index contributed by atoms with van der Waals surface area (Å²) in [4.78, 5) is 12.1. The fourth-order valence-electron chi connectivity index (χ4n) is 4.16. The van der Waals surface area contributed by atoms with Crippen LogP contribution in [0.2, 0.25) is 0 Å². The monoisotopic (exact) mass is 288 g/mol. The standard InChI is InChI=1S/C21H20O/c22-20-12-11-17-13-18(14-19(17)20)21(15-7-3-1-4-8-15)16-9-5-2-6-10-16/h1-10,17,19H,11-14H2. The molecule has 110 valence electrons. The lowest BCUT2D eigenvalue weighted by molar-refractivity contribution is -0.120. The van der Waals surface area contributed by atoms with Crippen LogP contribution < -0.4 is 0 Å². The molecule has 2 aliphatic carbocycles. The van der Waals surface area contributed by atoms with Gasteiger partial charge in [-0.25, -0.2) is 0 Å². The lowest BCUT2D eigenvalue weighted by Gasteiger charge is -2.13. The molecule has 4 rings (SSSR count). The van der Waals surface area contributed by atoms with Crippen molar-refractivity contribution in [3.8, 4) is 0 Å². The molecule has 0 heterocycles. The highest BCUT2D eigenvalue weighted by Gasteiger charge is 2.41. The summed E-state index contributed by atoms with van der Waals surface area (Å²) >= 11 is 0. The van der Waals surface area contributed by atoms with Crippen molar-refractivity contribution >= 4 is 11.4 Å². The highest BCUT2D eigenvalue weighted by atomic mass is 16.1. The molecule has 1 nitrogen and oxygen atoms in total. The predicted octanol–water partition coefficient (Wildman–Crippen LogP) is 4.88. The van der Waals surface area contributed by atoms with E-state index in [-0.39, 0.29) is 5.92 Å². The summed E-state index contributed by atoms with van der Waals surface area (Å²) in [6.07, 6.45) is 3.94. The van der Waals surface area contributed by atoms with Crippen molar-refractivity contribution in [3.05, 3.63) is 77.4 Å². The van der Waals surface area contributed by atoms with E-state index < -0.39 is 0 Å². The minimum Gasteiger partial charge on any atom is -0.299 e. The van der Waals surface area contributed by atoms with E-state index in [1.165, 1.54) is 22.3 Å². The van der Waals surface area contributed by atoms with Crippen LogP contribution in [0.25, 0.3) is 5.57 Å². The Hall–Kier alpha value is -2.15. The lowest BCUT2D eigenvalue weighted by Crippen LogP contribution is -2.07. The van der Waals surface area contributed by atoms with E-state index in [9.17, 15) is 4.79 Å². The van der Waals surface area contributed by atoms with Gasteiger partial charge in [0, 0.05) is 12.3 Å². The van der Waals surface area contributed by atoms with Gasteiger partial charge in [-0.2, -0.15) is 0 Å². The third kappa shape index (κ3) is 2.31. The van der Waals surface area contributed by atoms with Gasteiger partial charge in [-0.15, -0.1) is 0 Å². The van der Waals surface area contributed by atoms with Crippen LogP contribution in [-0.4, -0.2) is 5.78 Å². The van der Waals surface area contributed by atoms with E-state index >= 15 is 0 Å². The number of hydrogen-bond donors (Lipinski definition) is 0. The predicted molar refractivity (Wildman–Crippen MR) is 89.4 cm³/mol. The molecule has 2 saturated carbocycles. The normalized spacial score (nSPS) is 23.6. The molecular formula is C21H20O. The summed E-state index contributed by atoms with van der Waals surface area (Å²) in [7, 11) is 0. The van der Waals surface area contributed by atoms with E-state index in [1.807, 2.05) is 0 Å². The maximum absolute atomic E-state index is 12.1. The van der Waals surface area contributed by atoms with Crippen LogP contribution in [0, 0.1) is 11.8 Å². The van der Waals surface area contributed by atoms with Crippen LogP contribution in [0.5, 0.6) is 0 Å². The summed E-state index contributed by atoms with van der Waals surface area (Å²) < 4.78 is 0. The van der Waals surface area contributed by atoms with Gasteiger partial charge in [-0.1, -0.05) is 66.2 Å². The van der Waals surface area contributed by atoms with E-state index in [0.29, 0.717) is 11.7 Å². The summed E-state index contributed by atoms with van der Waals surface area (Å²) in [5.41, 5.74) is 5.37. The molecule has 2 atom stereocenters. The van der Waals surface area contributed by atoms with Gasteiger partial charge < -0.3 is 0 Å². The van der Waals surface area contributed by atoms with Crippen LogP contribution in [0.15, 0.2) is 66.2 Å². The molecule has 2 unspecified atom stereocenters. The molecule has 1 heteroatoms. The molecule has 0 radical (unpaired) electrons. The summed E-state index contributed by atoms with van der Waals surface area (Å²) in [6, 6.07) is 21.2. The van der Waals surface area contributed by atoms with E-state index in [4.69, 9.17) is 0 Å². The number of carbonyl (C=O) groups is 1. The van der Waals surface area contributed by atoms with Crippen molar-refractivity contribution in [2.45, 2.75) is 25.7 Å². The Morgan fingerprint density at radius 3 is 1.95 bits per heavy atom. The lowest BCUT2D eigenvalue weighted by atomic mass is 9.91. The van der Waals surface area contributed by atoms with Crippen molar-refractivity contribution in [3.63, 3.8) is 0 Å².